The molecule has 0 saturated heterocycles. The van der Waals surface area contributed by atoms with Crippen LogP contribution in [0.5, 0.6) is 0 Å². The third kappa shape index (κ3) is 5.42. The van der Waals surface area contributed by atoms with Gasteiger partial charge in [-0.1, -0.05) is 58.8 Å². The van der Waals surface area contributed by atoms with Crippen LogP contribution < -0.4 is 5.01 Å². The van der Waals surface area contributed by atoms with Crippen LogP contribution in [0.1, 0.15) is 5.56 Å². The molecule has 0 aromatic heterocycles. The van der Waals surface area contributed by atoms with E-state index in [1.54, 1.807) is 30.3 Å². The highest BCUT2D eigenvalue weighted by Crippen LogP contribution is 2.33. The zero-order valence-electron chi connectivity index (χ0n) is 16.1. The van der Waals surface area contributed by atoms with Gasteiger partial charge in [0.15, 0.2) is 0 Å². The summed E-state index contributed by atoms with van der Waals surface area (Å²) in [4.78, 5) is 33.6. The van der Waals surface area contributed by atoms with Gasteiger partial charge in [-0.15, -0.1) is 5.11 Å². The topological polar surface area (TPSA) is 131 Å². The molecule has 3 rings (SSSR count). The first-order valence-corrected chi connectivity index (χ1v) is 9.68. The number of hydrogen-bond donors (Lipinski definition) is 0. The Morgan fingerprint density at radius 1 is 0.875 bits per heavy atom. The van der Waals surface area contributed by atoms with Crippen LogP contribution in [-0.2, 0) is 11.2 Å². The molecule has 0 unspecified atom stereocenters. The molecule has 3 aromatic carbocycles. The lowest BCUT2D eigenvalue weighted by Gasteiger charge is -2.17. The van der Waals surface area contributed by atoms with Crippen LogP contribution >= 0.6 is 23.2 Å². The number of nitrogens with zero attached hydrogens (tertiary/aromatic N) is 5. The van der Waals surface area contributed by atoms with E-state index >= 15 is 0 Å². The van der Waals surface area contributed by atoms with Crippen molar-refractivity contribution in [3.8, 4) is 0 Å². The van der Waals surface area contributed by atoms with E-state index < -0.39 is 15.8 Å². The zero-order valence-corrected chi connectivity index (χ0v) is 17.6. The lowest BCUT2D eigenvalue weighted by molar-refractivity contribution is -0.385. The highest BCUT2D eigenvalue weighted by Gasteiger charge is 2.21. The van der Waals surface area contributed by atoms with Crippen molar-refractivity contribution in [1.82, 2.24) is 0 Å². The number of nitro groups is 2. The van der Waals surface area contributed by atoms with Crippen molar-refractivity contribution in [2.75, 3.05) is 5.01 Å². The minimum Gasteiger partial charge on any atom is -0.272 e. The number of rotatable bonds is 7. The van der Waals surface area contributed by atoms with Crippen LogP contribution in [0, 0.1) is 20.2 Å². The quantitative estimate of drug-likeness (QED) is 0.232. The van der Waals surface area contributed by atoms with E-state index in [1.165, 1.54) is 24.3 Å². The van der Waals surface area contributed by atoms with Gasteiger partial charge < -0.3 is 0 Å². The van der Waals surface area contributed by atoms with E-state index in [9.17, 15) is 25.0 Å². The molecule has 162 valence electrons. The summed E-state index contributed by atoms with van der Waals surface area (Å²) in [6, 6.07) is 16.0. The van der Waals surface area contributed by atoms with Crippen LogP contribution in [0.3, 0.4) is 0 Å². The normalized spacial score (nSPS) is 10.8. The summed E-state index contributed by atoms with van der Waals surface area (Å²) in [5.74, 6) is -0.520. The molecule has 0 saturated carbocycles. The number of carbonyl (C=O) groups is 1. The molecule has 0 atom stereocenters. The molecular weight excluding hydrogens is 461 g/mol. The average Bonchev–Trinajstić information content (AvgIpc) is 2.76. The molecule has 0 bridgehead atoms. The third-order valence-corrected chi connectivity index (χ3v) is 4.79. The van der Waals surface area contributed by atoms with Gasteiger partial charge in [-0.25, -0.2) is 0 Å². The highest BCUT2D eigenvalue weighted by atomic mass is 35.5. The number of non-ortho nitro benzene ring substituents is 2. The summed E-state index contributed by atoms with van der Waals surface area (Å²) in [5, 5.41) is 30.5. The summed E-state index contributed by atoms with van der Waals surface area (Å²) in [6.07, 6.45) is -0.0544. The second-order valence-corrected chi connectivity index (χ2v) is 7.16. The molecular formula is C20H13Cl2N5O5. The summed E-state index contributed by atoms with van der Waals surface area (Å²) in [6.45, 7) is 0. The Morgan fingerprint density at radius 2 is 1.47 bits per heavy atom. The molecule has 12 heteroatoms. The number of hydrogen-bond acceptors (Lipinski definition) is 7. The number of nitro benzene ring substituents is 2. The molecule has 0 fully saturated rings. The molecule has 3 aromatic rings. The number of amides is 1. The fourth-order valence-electron chi connectivity index (χ4n) is 2.64. The van der Waals surface area contributed by atoms with E-state index in [4.69, 9.17) is 23.2 Å². The molecule has 10 nitrogen and oxygen atoms in total. The summed E-state index contributed by atoms with van der Waals surface area (Å²) < 4.78 is 0. The first kappa shape index (κ1) is 22.8. The van der Waals surface area contributed by atoms with Crippen LogP contribution in [0.25, 0.3) is 0 Å². The van der Waals surface area contributed by atoms with Gasteiger partial charge in [-0.2, -0.15) is 5.01 Å². The van der Waals surface area contributed by atoms with Crippen molar-refractivity contribution in [3.05, 3.63) is 103 Å². The Balaban J connectivity index is 1.99. The molecule has 1 amide bonds. The van der Waals surface area contributed by atoms with Crippen molar-refractivity contribution in [3.63, 3.8) is 0 Å². The first-order chi connectivity index (χ1) is 15.3. The lowest BCUT2D eigenvalue weighted by atomic mass is 10.1. The summed E-state index contributed by atoms with van der Waals surface area (Å²) in [5.41, 5.74) is 0.353. The van der Waals surface area contributed by atoms with Gasteiger partial charge in [0.25, 0.3) is 17.3 Å². The molecule has 0 aliphatic carbocycles. The van der Waals surface area contributed by atoms with Crippen LogP contribution in [0.2, 0.25) is 10.0 Å². The van der Waals surface area contributed by atoms with E-state index in [1.807, 2.05) is 0 Å². The molecule has 0 heterocycles. The SMILES string of the molecule is O=C(Cc1ccccc1)N(N=Nc1ccc([N+](=O)[O-])cc1Cl)c1ccc([N+](=O)[O-])cc1Cl. The largest absolute Gasteiger partial charge is 0.272 e. The first-order valence-electron chi connectivity index (χ1n) is 8.92. The number of halogens is 2. The van der Waals surface area contributed by atoms with Crippen molar-refractivity contribution >= 4 is 51.9 Å². The Hall–Kier alpha value is -3.89. The maximum Gasteiger partial charge on any atom is 0.271 e. The van der Waals surface area contributed by atoms with E-state index in [-0.39, 0.29) is 39.2 Å². The van der Waals surface area contributed by atoms with Gasteiger partial charge in [-0.3, -0.25) is 25.0 Å². The molecule has 0 aliphatic heterocycles. The zero-order chi connectivity index (χ0) is 23.3. The predicted molar refractivity (Wildman–Crippen MR) is 118 cm³/mol. The lowest BCUT2D eigenvalue weighted by Crippen LogP contribution is -2.27. The minimum atomic E-state index is -0.621. The number of anilines is 1. The Morgan fingerprint density at radius 3 is 2.03 bits per heavy atom. The minimum absolute atomic E-state index is 0.0480. The predicted octanol–water partition coefficient (Wildman–Crippen LogP) is 6.08. The van der Waals surface area contributed by atoms with Crippen molar-refractivity contribution < 1.29 is 14.6 Å². The molecule has 0 radical (unpaired) electrons. The fourth-order valence-corrected chi connectivity index (χ4v) is 3.11. The maximum absolute atomic E-state index is 13.0. The smallest absolute Gasteiger partial charge is 0.271 e. The van der Waals surface area contributed by atoms with E-state index in [0.29, 0.717) is 5.56 Å². The van der Waals surface area contributed by atoms with Gasteiger partial charge in [0.1, 0.15) is 5.69 Å². The van der Waals surface area contributed by atoms with Crippen molar-refractivity contribution in [2.45, 2.75) is 6.42 Å². The summed E-state index contributed by atoms with van der Waals surface area (Å²) in [7, 11) is 0. The average molecular weight is 474 g/mol. The molecule has 0 N–H and O–H groups in total. The van der Waals surface area contributed by atoms with Crippen molar-refractivity contribution in [2.24, 2.45) is 10.3 Å². The van der Waals surface area contributed by atoms with Gasteiger partial charge in [-0.05, 0) is 17.7 Å². The third-order valence-electron chi connectivity index (χ3n) is 4.19. The monoisotopic (exact) mass is 473 g/mol. The second-order valence-electron chi connectivity index (χ2n) is 6.34. The van der Waals surface area contributed by atoms with E-state index in [2.05, 4.69) is 10.3 Å². The second kappa shape index (κ2) is 9.94. The Kier molecular flexibility index (Phi) is 7.08. The highest BCUT2D eigenvalue weighted by molar-refractivity contribution is 6.34. The Bertz CT molecular complexity index is 1220. The summed E-state index contributed by atoms with van der Waals surface area (Å²) >= 11 is 12.2. The van der Waals surface area contributed by atoms with Crippen molar-refractivity contribution in [1.29, 1.82) is 0 Å². The van der Waals surface area contributed by atoms with Gasteiger partial charge in [0.05, 0.1) is 32.0 Å². The van der Waals surface area contributed by atoms with Crippen LogP contribution in [0.4, 0.5) is 22.7 Å². The van der Waals surface area contributed by atoms with Gasteiger partial charge >= 0.3 is 0 Å². The molecule has 0 spiro atoms. The molecule has 32 heavy (non-hydrogen) atoms. The van der Waals surface area contributed by atoms with E-state index in [0.717, 1.165) is 17.1 Å². The number of carbonyl (C=O) groups excluding carboxylic acids is 1. The fraction of sp³-hybridized carbons (Fsp3) is 0.0500. The van der Waals surface area contributed by atoms with Gasteiger partial charge in [0, 0.05) is 24.3 Å². The maximum atomic E-state index is 13.0. The van der Waals surface area contributed by atoms with Crippen LogP contribution in [0.15, 0.2) is 77.1 Å². The van der Waals surface area contributed by atoms with Gasteiger partial charge in [0.2, 0.25) is 0 Å². The number of benzene rings is 3. The van der Waals surface area contributed by atoms with Crippen LogP contribution in [-0.4, -0.2) is 15.8 Å². The standard InChI is InChI=1S/C20H13Cl2N5O5/c21-16-11-14(26(29)30)6-8-18(16)23-24-25(20(28)10-13-4-2-1-3-5-13)19-9-7-15(27(31)32)12-17(19)22/h1-9,11-12H,10H2. The molecule has 0 aliphatic rings. The Labute approximate surface area is 191 Å².